The average molecular weight is 308 g/mol. The summed E-state index contributed by atoms with van der Waals surface area (Å²) < 4.78 is 11.9. The van der Waals surface area contributed by atoms with E-state index >= 15 is 0 Å². The minimum absolute atomic E-state index is 0.430. The second kappa shape index (κ2) is 5.87. The monoisotopic (exact) mass is 307 g/mol. The normalized spacial score (nSPS) is 10.2. The molecule has 0 N–H and O–H groups in total. The fourth-order valence-corrected chi connectivity index (χ4v) is 2.05. The average Bonchev–Trinajstić information content (AvgIpc) is 2.38. The quantitative estimate of drug-likeness (QED) is 0.862. The summed E-state index contributed by atoms with van der Waals surface area (Å²) in [6, 6.07) is 11.6. The third-order valence-electron chi connectivity index (χ3n) is 2.50. The topological polar surface area (TPSA) is 31.4 Å². The third-order valence-corrected chi connectivity index (χ3v) is 3.00. The van der Waals surface area contributed by atoms with Gasteiger partial charge < -0.3 is 9.47 Å². The zero-order valence-corrected chi connectivity index (χ0v) is 11.9. The van der Waals surface area contributed by atoms with Crippen LogP contribution in [0.1, 0.15) is 11.3 Å². The van der Waals surface area contributed by atoms with Crippen molar-refractivity contribution < 1.29 is 9.47 Å². The predicted molar refractivity (Wildman–Crippen MR) is 74.0 cm³/mol. The van der Waals surface area contributed by atoms with E-state index in [-0.39, 0.29) is 0 Å². The summed E-state index contributed by atoms with van der Waals surface area (Å²) in [5.74, 6) is 1.46. The summed E-state index contributed by atoms with van der Waals surface area (Å²) in [6.07, 6.45) is 0. The molecule has 0 saturated heterocycles. The van der Waals surface area contributed by atoms with E-state index in [9.17, 15) is 0 Å². The molecule has 4 heteroatoms. The molecule has 0 saturated carbocycles. The van der Waals surface area contributed by atoms with Crippen LogP contribution in [0.25, 0.3) is 0 Å². The van der Waals surface area contributed by atoms with Gasteiger partial charge in [-0.05, 0) is 36.8 Å². The molecule has 0 aliphatic rings. The van der Waals surface area contributed by atoms with E-state index in [4.69, 9.17) is 9.47 Å². The maximum atomic E-state index is 5.74. The van der Waals surface area contributed by atoms with Crippen molar-refractivity contribution >= 4 is 15.9 Å². The molecule has 1 aromatic heterocycles. The number of methoxy groups -OCH3 is 1. The van der Waals surface area contributed by atoms with Gasteiger partial charge in [0.25, 0.3) is 0 Å². The van der Waals surface area contributed by atoms with E-state index in [1.807, 2.05) is 43.3 Å². The molecule has 0 bridgehead atoms. The number of benzene rings is 1. The number of pyridine rings is 1. The number of rotatable bonds is 4. The number of ether oxygens (including phenoxy) is 2. The highest BCUT2D eigenvalue weighted by atomic mass is 79.9. The largest absolute Gasteiger partial charge is 0.487 e. The molecule has 2 rings (SSSR count). The van der Waals surface area contributed by atoms with Gasteiger partial charge >= 0.3 is 0 Å². The van der Waals surface area contributed by atoms with Gasteiger partial charge in [0.15, 0.2) is 0 Å². The highest BCUT2D eigenvalue weighted by Crippen LogP contribution is 2.23. The molecule has 94 valence electrons. The van der Waals surface area contributed by atoms with Crippen molar-refractivity contribution in [3.63, 3.8) is 0 Å². The van der Waals surface area contributed by atoms with Crippen LogP contribution >= 0.6 is 15.9 Å². The van der Waals surface area contributed by atoms with Crippen LogP contribution in [0.15, 0.2) is 40.9 Å². The van der Waals surface area contributed by atoms with Gasteiger partial charge in [-0.3, -0.25) is 0 Å². The molecule has 1 heterocycles. The number of nitrogens with zero attached hydrogens (tertiary/aromatic N) is 1. The van der Waals surface area contributed by atoms with Crippen molar-refractivity contribution in [1.82, 2.24) is 4.98 Å². The first-order chi connectivity index (χ1) is 8.69. The van der Waals surface area contributed by atoms with Crippen LogP contribution < -0.4 is 9.47 Å². The lowest BCUT2D eigenvalue weighted by atomic mass is 10.2. The molecule has 0 spiro atoms. The van der Waals surface area contributed by atoms with E-state index in [1.165, 1.54) is 0 Å². The molecule has 0 fully saturated rings. The molecule has 3 nitrogen and oxygen atoms in total. The fraction of sp³-hybridized carbons (Fsp3) is 0.214. The van der Waals surface area contributed by atoms with Gasteiger partial charge in [0.05, 0.1) is 12.8 Å². The van der Waals surface area contributed by atoms with Crippen LogP contribution in [-0.2, 0) is 6.61 Å². The van der Waals surface area contributed by atoms with Crippen LogP contribution in [0.2, 0.25) is 0 Å². The minimum Gasteiger partial charge on any atom is -0.487 e. The van der Waals surface area contributed by atoms with E-state index in [1.54, 1.807) is 7.11 Å². The van der Waals surface area contributed by atoms with Crippen molar-refractivity contribution in [1.29, 1.82) is 0 Å². The standard InChI is InChI=1S/C14H14BrNO2/c1-10-8-11(15)6-7-13(10)18-9-12-4-3-5-14(16-12)17-2/h3-8H,9H2,1-2H3. The summed E-state index contributed by atoms with van der Waals surface area (Å²) in [5.41, 5.74) is 1.93. The maximum absolute atomic E-state index is 5.74. The van der Waals surface area contributed by atoms with Crippen LogP contribution in [0.5, 0.6) is 11.6 Å². The van der Waals surface area contributed by atoms with E-state index in [2.05, 4.69) is 20.9 Å². The Morgan fingerprint density at radius 3 is 2.78 bits per heavy atom. The predicted octanol–water partition coefficient (Wildman–Crippen LogP) is 3.74. The minimum atomic E-state index is 0.430. The Labute approximate surface area is 115 Å². The van der Waals surface area contributed by atoms with Gasteiger partial charge in [0.1, 0.15) is 12.4 Å². The van der Waals surface area contributed by atoms with E-state index < -0.39 is 0 Å². The van der Waals surface area contributed by atoms with Crippen LogP contribution in [0, 0.1) is 6.92 Å². The highest BCUT2D eigenvalue weighted by molar-refractivity contribution is 9.10. The molecule has 0 aliphatic carbocycles. The summed E-state index contributed by atoms with van der Waals surface area (Å²) in [4.78, 5) is 4.30. The molecule has 0 amide bonds. The number of hydrogen-bond donors (Lipinski definition) is 0. The van der Waals surface area contributed by atoms with Crippen molar-refractivity contribution in [3.8, 4) is 11.6 Å². The van der Waals surface area contributed by atoms with Gasteiger partial charge in [-0.15, -0.1) is 0 Å². The zero-order chi connectivity index (χ0) is 13.0. The van der Waals surface area contributed by atoms with Gasteiger partial charge in [-0.2, -0.15) is 0 Å². The molecule has 2 aromatic rings. The smallest absolute Gasteiger partial charge is 0.213 e. The second-order valence-corrected chi connectivity index (χ2v) is 4.79. The molecule has 0 atom stereocenters. The Kier molecular flexibility index (Phi) is 4.20. The lowest BCUT2D eigenvalue weighted by Gasteiger charge is -2.09. The van der Waals surface area contributed by atoms with Crippen LogP contribution in [-0.4, -0.2) is 12.1 Å². The number of aromatic nitrogens is 1. The maximum Gasteiger partial charge on any atom is 0.213 e. The molecule has 0 unspecified atom stereocenters. The van der Waals surface area contributed by atoms with Gasteiger partial charge in [0.2, 0.25) is 5.88 Å². The van der Waals surface area contributed by atoms with E-state index in [0.29, 0.717) is 12.5 Å². The molecule has 18 heavy (non-hydrogen) atoms. The Morgan fingerprint density at radius 1 is 1.22 bits per heavy atom. The molecular weight excluding hydrogens is 294 g/mol. The van der Waals surface area contributed by atoms with Crippen molar-refractivity contribution in [3.05, 3.63) is 52.1 Å². The SMILES string of the molecule is COc1cccc(COc2ccc(Br)cc2C)n1. The Bertz CT molecular complexity index is 543. The molecule has 1 aromatic carbocycles. The van der Waals surface area contributed by atoms with Gasteiger partial charge in [0, 0.05) is 10.5 Å². The van der Waals surface area contributed by atoms with Crippen LogP contribution in [0.3, 0.4) is 0 Å². The molecule has 0 radical (unpaired) electrons. The Hall–Kier alpha value is -1.55. The van der Waals surface area contributed by atoms with Crippen molar-refractivity contribution in [2.24, 2.45) is 0 Å². The summed E-state index contributed by atoms with van der Waals surface area (Å²) in [5, 5.41) is 0. The first kappa shape index (κ1) is 12.9. The summed E-state index contributed by atoms with van der Waals surface area (Å²) in [7, 11) is 1.60. The lowest BCUT2D eigenvalue weighted by molar-refractivity contribution is 0.296. The van der Waals surface area contributed by atoms with Crippen LogP contribution in [0.4, 0.5) is 0 Å². The highest BCUT2D eigenvalue weighted by Gasteiger charge is 2.02. The Morgan fingerprint density at radius 2 is 2.06 bits per heavy atom. The lowest BCUT2D eigenvalue weighted by Crippen LogP contribution is -2.00. The van der Waals surface area contributed by atoms with Crippen molar-refractivity contribution in [2.75, 3.05) is 7.11 Å². The second-order valence-electron chi connectivity index (χ2n) is 3.87. The zero-order valence-electron chi connectivity index (χ0n) is 10.3. The number of aryl methyl sites for hydroxylation is 1. The Balaban J connectivity index is 2.06. The van der Waals surface area contributed by atoms with Gasteiger partial charge in [-0.1, -0.05) is 22.0 Å². The number of halogens is 1. The fourth-order valence-electron chi connectivity index (χ4n) is 1.58. The summed E-state index contributed by atoms with van der Waals surface area (Å²) >= 11 is 3.43. The first-order valence-corrected chi connectivity index (χ1v) is 6.37. The molecule has 0 aliphatic heterocycles. The van der Waals surface area contributed by atoms with E-state index in [0.717, 1.165) is 21.5 Å². The third kappa shape index (κ3) is 3.23. The summed E-state index contributed by atoms with van der Waals surface area (Å²) in [6.45, 7) is 2.44. The first-order valence-electron chi connectivity index (χ1n) is 5.58. The van der Waals surface area contributed by atoms with Crippen molar-refractivity contribution in [2.45, 2.75) is 13.5 Å². The molecular formula is C14H14BrNO2. The van der Waals surface area contributed by atoms with Gasteiger partial charge in [-0.25, -0.2) is 4.98 Å². The number of hydrogen-bond acceptors (Lipinski definition) is 3.